The Labute approximate surface area is 357 Å². The standard InChI is InChI=1S/C57H34N2O3/c1-2-12-45-43(11-1)44-30-29-39(34-48(44)57(45)46-13-3-7-17-51(46)60-52-18-8-4-14-47(52)57)42-32-40(35-21-25-37(26-22-35)55-58-49-15-5-9-19-53(49)61-55)31-41(33-42)36-23-27-38(28-24-36)56-59-50-16-6-10-20-54(50)62-56/h1-34H. The monoisotopic (exact) mass is 794 g/mol. The summed E-state index contributed by atoms with van der Waals surface area (Å²) in [4.78, 5) is 9.51. The van der Waals surface area contributed by atoms with Gasteiger partial charge >= 0.3 is 0 Å². The third kappa shape index (κ3) is 5.22. The number of rotatable bonds is 5. The van der Waals surface area contributed by atoms with Gasteiger partial charge in [0.05, 0.1) is 5.41 Å². The highest BCUT2D eigenvalue weighted by atomic mass is 16.5. The molecule has 0 unspecified atom stereocenters. The molecule has 5 heteroatoms. The molecule has 5 nitrogen and oxygen atoms in total. The average molecular weight is 795 g/mol. The largest absolute Gasteiger partial charge is 0.457 e. The molecule has 1 aliphatic carbocycles. The second-order valence-corrected chi connectivity index (χ2v) is 16.1. The number of hydrogen-bond donors (Lipinski definition) is 0. The molecule has 290 valence electrons. The van der Waals surface area contributed by atoms with E-state index in [9.17, 15) is 0 Å². The summed E-state index contributed by atoms with van der Waals surface area (Å²) in [6.07, 6.45) is 0. The van der Waals surface area contributed by atoms with Crippen molar-refractivity contribution < 1.29 is 13.6 Å². The Morgan fingerprint density at radius 2 is 0.726 bits per heavy atom. The summed E-state index contributed by atoms with van der Waals surface area (Å²) in [7, 11) is 0. The van der Waals surface area contributed by atoms with E-state index < -0.39 is 5.41 Å². The van der Waals surface area contributed by atoms with Crippen molar-refractivity contribution in [1.82, 2.24) is 9.97 Å². The zero-order valence-corrected chi connectivity index (χ0v) is 33.2. The molecule has 2 aliphatic rings. The first-order chi connectivity index (χ1) is 30.7. The first-order valence-corrected chi connectivity index (χ1v) is 20.9. The molecule has 0 saturated heterocycles. The molecule has 0 fully saturated rings. The van der Waals surface area contributed by atoms with Crippen LogP contribution in [0.4, 0.5) is 0 Å². The molecule has 11 aromatic rings. The molecule has 0 amide bonds. The van der Waals surface area contributed by atoms with E-state index in [1.807, 2.05) is 48.5 Å². The van der Waals surface area contributed by atoms with Gasteiger partial charge in [0, 0.05) is 22.3 Å². The van der Waals surface area contributed by atoms with Crippen LogP contribution in [0.3, 0.4) is 0 Å². The summed E-state index contributed by atoms with van der Waals surface area (Å²) < 4.78 is 18.9. The fourth-order valence-corrected chi connectivity index (χ4v) is 9.76. The van der Waals surface area contributed by atoms with Crippen molar-refractivity contribution >= 4 is 22.2 Å². The zero-order valence-electron chi connectivity index (χ0n) is 33.2. The van der Waals surface area contributed by atoms with Crippen LogP contribution in [0.15, 0.2) is 215 Å². The van der Waals surface area contributed by atoms with E-state index in [1.54, 1.807) is 0 Å². The maximum atomic E-state index is 6.62. The first kappa shape index (κ1) is 34.6. The molecular formula is C57H34N2O3. The average Bonchev–Trinajstić information content (AvgIpc) is 4.05. The van der Waals surface area contributed by atoms with Crippen LogP contribution >= 0.6 is 0 Å². The van der Waals surface area contributed by atoms with E-state index >= 15 is 0 Å². The van der Waals surface area contributed by atoms with E-state index in [0.29, 0.717) is 11.8 Å². The van der Waals surface area contributed by atoms with Crippen molar-refractivity contribution in [3.05, 3.63) is 229 Å². The first-order valence-electron chi connectivity index (χ1n) is 20.9. The SMILES string of the molecule is c1ccc2c(c1)Oc1ccccc1C21c2ccccc2-c2ccc(-c3cc(-c4ccc(-c5nc6ccccc6o5)cc4)cc(-c4ccc(-c5nc6ccccc6o5)cc4)c3)cc21. The summed E-state index contributed by atoms with van der Waals surface area (Å²) in [5.74, 6) is 2.98. The zero-order chi connectivity index (χ0) is 40.8. The number of ether oxygens (including phenoxy) is 1. The fourth-order valence-electron chi connectivity index (χ4n) is 9.76. The minimum Gasteiger partial charge on any atom is -0.457 e. The van der Waals surface area contributed by atoms with Gasteiger partial charge in [-0.2, -0.15) is 0 Å². The highest BCUT2D eigenvalue weighted by Gasteiger charge is 2.51. The Bertz CT molecular complexity index is 3310. The number of para-hydroxylation sites is 6. The van der Waals surface area contributed by atoms with Crippen LogP contribution < -0.4 is 4.74 Å². The van der Waals surface area contributed by atoms with Gasteiger partial charge in [-0.25, -0.2) is 9.97 Å². The predicted octanol–water partition coefficient (Wildman–Crippen LogP) is 14.8. The lowest BCUT2D eigenvalue weighted by atomic mass is 9.66. The lowest BCUT2D eigenvalue weighted by Crippen LogP contribution is -2.32. The highest BCUT2D eigenvalue weighted by molar-refractivity contribution is 5.91. The summed E-state index contributed by atoms with van der Waals surface area (Å²) in [6, 6.07) is 72.6. The topological polar surface area (TPSA) is 61.3 Å². The summed E-state index contributed by atoms with van der Waals surface area (Å²) in [5.41, 5.74) is 18.5. The minimum atomic E-state index is -0.561. The normalized spacial score (nSPS) is 13.1. The molecule has 9 aromatic carbocycles. The molecular weight excluding hydrogens is 761 g/mol. The van der Waals surface area contributed by atoms with E-state index in [-0.39, 0.29) is 0 Å². The van der Waals surface area contributed by atoms with Crippen LogP contribution in [-0.2, 0) is 5.41 Å². The quantitative estimate of drug-likeness (QED) is 0.174. The molecule has 1 aliphatic heterocycles. The van der Waals surface area contributed by atoms with Crippen molar-refractivity contribution in [1.29, 1.82) is 0 Å². The molecule has 0 bridgehead atoms. The summed E-state index contributed by atoms with van der Waals surface area (Å²) in [5, 5.41) is 0. The Hall–Kier alpha value is -8.28. The van der Waals surface area contributed by atoms with Gasteiger partial charge in [0.2, 0.25) is 11.8 Å². The minimum absolute atomic E-state index is 0.561. The second kappa shape index (κ2) is 13.4. The van der Waals surface area contributed by atoms with Gasteiger partial charge in [-0.15, -0.1) is 0 Å². The number of hydrogen-bond acceptors (Lipinski definition) is 5. The Kier molecular flexibility index (Phi) is 7.45. The van der Waals surface area contributed by atoms with Crippen molar-refractivity contribution in [2.24, 2.45) is 0 Å². The van der Waals surface area contributed by atoms with Crippen LogP contribution in [0.2, 0.25) is 0 Å². The molecule has 0 saturated carbocycles. The number of aromatic nitrogens is 2. The van der Waals surface area contributed by atoms with Crippen LogP contribution in [0.25, 0.3) is 89.6 Å². The Balaban J connectivity index is 0.977. The van der Waals surface area contributed by atoms with Gasteiger partial charge in [-0.3, -0.25) is 0 Å². The van der Waals surface area contributed by atoms with E-state index in [4.69, 9.17) is 23.5 Å². The van der Waals surface area contributed by atoms with E-state index in [2.05, 4.69) is 158 Å². The molecule has 13 rings (SSSR count). The number of fused-ring (bicyclic) bond motifs is 11. The molecule has 0 atom stereocenters. The second-order valence-electron chi connectivity index (χ2n) is 16.1. The number of benzene rings is 9. The van der Waals surface area contributed by atoms with Crippen molar-refractivity contribution in [2.75, 3.05) is 0 Å². The lowest BCUT2D eigenvalue weighted by molar-refractivity contribution is 0.436. The van der Waals surface area contributed by atoms with Crippen molar-refractivity contribution in [3.8, 4) is 78.9 Å². The van der Waals surface area contributed by atoms with Crippen LogP contribution in [0.5, 0.6) is 11.5 Å². The van der Waals surface area contributed by atoms with E-state index in [1.165, 1.54) is 22.3 Å². The third-order valence-corrected chi connectivity index (χ3v) is 12.6. The van der Waals surface area contributed by atoms with Crippen molar-refractivity contribution in [2.45, 2.75) is 5.41 Å². The van der Waals surface area contributed by atoms with E-state index in [0.717, 1.165) is 89.3 Å². The number of oxazole rings is 2. The smallest absolute Gasteiger partial charge is 0.227 e. The maximum absolute atomic E-state index is 6.62. The molecule has 1 spiro atoms. The maximum Gasteiger partial charge on any atom is 0.227 e. The van der Waals surface area contributed by atoms with Crippen molar-refractivity contribution in [3.63, 3.8) is 0 Å². The summed E-state index contributed by atoms with van der Waals surface area (Å²) >= 11 is 0. The van der Waals surface area contributed by atoms with Crippen LogP contribution in [0.1, 0.15) is 22.3 Å². The Morgan fingerprint density at radius 3 is 1.27 bits per heavy atom. The van der Waals surface area contributed by atoms with Gasteiger partial charge in [0.1, 0.15) is 22.5 Å². The molecule has 0 N–H and O–H groups in total. The third-order valence-electron chi connectivity index (χ3n) is 12.6. The van der Waals surface area contributed by atoms with Crippen LogP contribution in [-0.4, -0.2) is 9.97 Å². The van der Waals surface area contributed by atoms with Gasteiger partial charge in [-0.1, -0.05) is 121 Å². The highest BCUT2D eigenvalue weighted by Crippen LogP contribution is 2.62. The summed E-state index contributed by atoms with van der Waals surface area (Å²) in [6.45, 7) is 0. The molecule has 2 aromatic heterocycles. The van der Waals surface area contributed by atoms with Gasteiger partial charge < -0.3 is 13.6 Å². The fraction of sp³-hybridized carbons (Fsp3) is 0.0175. The van der Waals surface area contributed by atoms with Gasteiger partial charge in [0.15, 0.2) is 11.2 Å². The lowest BCUT2D eigenvalue weighted by Gasteiger charge is -2.39. The molecule has 3 heterocycles. The predicted molar refractivity (Wildman–Crippen MR) is 246 cm³/mol. The molecule has 62 heavy (non-hydrogen) atoms. The van der Waals surface area contributed by atoms with Crippen LogP contribution in [0, 0.1) is 0 Å². The number of nitrogens with zero attached hydrogens (tertiary/aromatic N) is 2. The van der Waals surface area contributed by atoms with Gasteiger partial charge in [-0.05, 0) is 141 Å². The Morgan fingerprint density at radius 1 is 0.306 bits per heavy atom. The van der Waals surface area contributed by atoms with Gasteiger partial charge in [0.25, 0.3) is 0 Å². The molecule has 0 radical (unpaired) electrons.